The van der Waals surface area contributed by atoms with Crippen molar-refractivity contribution in [1.82, 2.24) is 4.98 Å². The monoisotopic (exact) mass is 444 g/mol. The number of carbonyl (C=O) groups excluding carboxylic acids is 2. The first kappa shape index (κ1) is 23.1. The van der Waals surface area contributed by atoms with Gasteiger partial charge >= 0.3 is 5.97 Å². The highest BCUT2D eigenvalue weighted by Gasteiger charge is 2.42. The Morgan fingerprint density at radius 3 is 2.35 bits per heavy atom. The van der Waals surface area contributed by atoms with E-state index in [-0.39, 0.29) is 18.4 Å². The summed E-state index contributed by atoms with van der Waals surface area (Å²) >= 11 is 6.17. The molecule has 6 nitrogen and oxygen atoms in total. The van der Waals surface area contributed by atoms with E-state index >= 15 is 0 Å². The summed E-state index contributed by atoms with van der Waals surface area (Å²) in [5, 5.41) is 0.637. The van der Waals surface area contributed by atoms with Crippen LogP contribution >= 0.6 is 11.6 Å². The Morgan fingerprint density at radius 2 is 1.81 bits per heavy atom. The van der Waals surface area contributed by atoms with Crippen molar-refractivity contribution in [1.29, 1.82) is 0 Å². The number of halogens is 1. The van der Waals surface area contributed by atoms with Crippen LogP contribution in [0.4, 0.5) is 5.69 Å². The second kappa shape index (κ2) is 9.27. The van der Waals surface area contributed by atoms with E-state index in [4.69, 9.17) is 21.1 Å². The van der Waals surface area contributed by atoms with E-state index in [1.54, 1.807) is 4.90 Å². The first-order valence-corrected chi connectivity index (χ1v) is 11.0. The van der Waals surface area contributed by atoms with Crippen molar-refractivity contribution in [2.45, 2.75) is 59.9 Å². The van der Waals surface area contributed by atoms with E-state index in [2.05, 4.69) is 4.98 Å². The van der Waals surface area contributed by atoms with Crippen molar-refractivity contribution in [3.05, 3.63) is 45.6 Å². The van der Waals surface area contributed by atoms with Crippen LogP contribution in [0.2, 0.25) is 5.02 Å². The highest BCUT2D eigenvalue weighted by atomic mass is 35.5. The van der Waals surface area contributed by atoms with E-state index < -0.39 is 11.9 Å². The molecule has 1 aromatic heterocycles. The van der Waals surface area contributed by atoms with Crippen molar-refractivity contribution in [2.24, 2.45) is 5.92 Å². The maximum absolute atomic E-state index is 13.3. The average molecular weight is 445 g/mol. The zero-order valence-electron chi connectivity index (χ0n) is 18.9. The summed E-state index contributed by atoms with van der Waals surface area (Å²) in [5.74, 6) is -0.621. The number of anilines is 1. The van der Waals surface area contributed by atoms with E-state index in [1.807, 2.05) is 52.8 Å². The van der Waals surface area contributed by atoms with Crippen LogP contribution in [-0.2, 0) is 20.7 Å². The van der Waals surface area contributed by atoms with E-state index in [1.165, 1.54) is 7.11 Å². The number of benzene rings is 1. The van der Waals surface area contributed by atoms with Gasteiger partial charge in [0.15, 0.2) is 0 Å². The number of pyridine rings is 1. The normalized spacial score (nSPS) is 15.8. The molecule has 7 heteroatoms. The molecule has 0 aliphatic carbocycles. The van der Waals surface area contributed by atoms with Gasteiger partial charge in [-0.1, -0.05) is 25.4 Å². The third kappa shape index (κ3) is 4.40. The number of rotatable bonds is 6. The molecule has 0 spiro atoms. The number of methoxy groups -OCH3 is 1. The first-order valence-electron chi connectivity index (χ1n) is 10.6. The fourth-order valence-electron chi connectivity index (χ4n) is 4.24. The fourth-order valence-corrected chi connectivity index (χ4v) is 4.56. The Balaban J connectivity index is 2.18. The summed E-state index contributed by atoms with van der Waals surface area (Å²) in [6.07, 6.45) is 1.72. The predicted octanol–water partition coefficient (Wildman–Crippen LogP) is 5.32. The molecule has 0 fully saturated rings. The molecule has 2 aromatic rings. The van der Waals surface area contributed by atoms with Crippen molar-refractivity contribution in [3.63, 3.8) is 0 Å². The van der Waals surface area contributed by atoms with Gasteiger partial charge in [0, 0.05) is 28.7 Å². The highest BCUT2D eigenvalue weighted by Crippen LogP contribution is 2.41. The number of fused-ring (bicyclic) bond motifs is 1. The summed E-state index contributed by atoms with van der Waals surface area (Å²) in [6, 6.07) is 5.53. The smallest absolute Gasteiger partial charge is 0.318 e. The Morgan fingerprint density at radius 1 is 1.19 bits per heavy atom. The van der Waals surface area contributed by atoms with Gasteiger partial charge in [0.2, 0.25) is 11.8 Å². The standard InChI is InChI=1S/C24H29ClN2O4/c1-7-17(8-2)27-20-11-15(5)26-22(18(20)12-19(23(27)28)24(29)30-6)31-21-13(3)9-16(25)10-14(21)4/h9-11,17,19H,7-8,12H2,1-6H3. The van der Waals surface area contributed by atoms with Crippen molar-refractivity contribution in [2.75, 3.05) is 12.0 Å². The molecule has 3 rings (SSSR count). The molecular formula is C24H29ClN2O4. The van der Waals surface area contributed by atoms with E-state index in [0.29, 0.717) is 16.7 Å². The number of ether oxygens (including phenoxy) is 2. The summed E-state index contributed by atoms with van der Waals surface area (Å²) in [5.41, 5.74) is 4.00. The minimum Gasteiger partial charge on any atom is -0.468 e. The third-order valence-electron chi connectivity index (χ3n) is 5.81. The van der Waals surface area contributed by atoms with Crippen molar-refractivity contribution < 1.29 is 19.1 Å². The molecule has 1 atom stereocenters. The largest absolute Gasteiger partial charge is 0.468 e. The Labute approximate surface area is 188 Å². The Hall–Kier alpha value is -2.60. The number of hydrogen-bond acceptors (Lipinski definition) is 5. The van der Waals surface area contributed by atoms with Gasteiger partial charge in [0.05, 0.1) is 12.8 Å². The van der Waals surface area contributed by atoms with Gasteiger partial charge in [-0.05, 0) is 62.9 Å². The van der Waals surface area contributed by atoms with Crippen LogP contribution in [-0.4, -0.2) is 30.0 Å². The van der Waals surface area contributed by atoms with Gasteiger partial charge in [-0.3, -0.25) is 9.59 Å². The lowest BCUT2D eigenvalue weighted by atomic mass is 9.90. The van der Waals surface area contributed by atoms with Crippen LogP contribution in [0.25, 0.3) is 0 Å². The van der Waals surface area contributed by atoms with Gasteiger partial charge in [-0.2, -0.15) is 0 Å². The molecule has 2 heterocycles. The minimum atomic E-state index is -0.919. The number of hydrogen-bond donors (Lipinski definition) is 0. The summed E-state index contributed by atoms with van der Waals surface area (Å²) in [7, 11) is 1.30. The van der Waals surface area contributed by atoms with Gasteiger partial charge in [0.25, 0.3) is 0 Å². The molecule has 0 N–H and O–H groups in total. The fraction of sp³-hybridized carbons (Fsp3) is 0.458. The number of aryl methyl sites for hydroxylation is 3. The van der Waals surface area contributed by atoms with Crippen LogP contribution in [0.5, 0.6) is 11.6 Å². The van der Waals surface area contributed by atoms with Crippen LogP contribution in [0.15, 0.2) is 18.2 Å². The Kier molecular flexibility index (Phi) is 6.90. The van der Waals surface area contributed by atoms with Gasteiger partial charge in [-0.25, -0.2) is 4.98 Å². The van der Waals surface area contributed by atoms with Gasteiger partial charge < -0.3 is 14.4 Å². The van der Waals surface area contributed by atoms with Gasteiger partial charge in [-0.15, -0.1) is 0 Å². The lowest BCUT2D eigenvalue weighted by molar-refractivity contribution is -0.149. The summed E-state index contributed by atoms with van der Waals surface area (Å²) < 4.78 is 11.2. The molecule has 0 radical (unpaired) electrons. The van der Waals surface area contributed by atoms with Crippen LogP contribution in [0, 0.1) is 26.7 Å². The van der Waals surface area contributed by atoms with Crippen LogP contribution in [0.1, 0.15) is 49.1 Å². The number of carbonyl (C=O) groups is 2. The molecule has 166 valence electrons. The summed E-state index contributed by atoms with van der Waals surface area (Å²) in [4.78, 5) is 32.2. The number of nitrogens with zero attached hydrogens (tertiary/aromatic N) is 2. The molecule has 0 bridgehead atoms. The lowest BCUT2D eigenvalue weighted by Crippen LogP contribution is -2.49. The Bertz CT molecular complexity index is 994. The first-order chi connectivity index (χ1) is 14.7. The molecule has 0 saturated carbocycles. The van der Waals surface area contributed by atoms with E-state index in [0.717, 1.165) is 40.9 Å². The molecule has 1 aliphatic heterocycles. The molecule has 0 saturated heterocycles. The SMILES string of the molecule is CCC(CC)N1C(=O)C(C(=O)OC)Cc2c1cc(C)nc2Oc1c(C)cc(Cl)cc1C. The van der Waals surface area contributed by atoms with Crippen molar-refractivity contribution >= 4 is 29.2 Å². The number of amides is 1. The molecule has 31 heavy (non-hydrogen) atoms. The zero-order valence-corrected chi connectivity index (χ0v) is 19.7. The van der Waals surface area contributed by atoms with Crippen LogP contribution in [0.3, 0.4) is 0 Å². The number of esters is 1. The molecule has 1 amide bonds. The zero-order chi connectivity index (χ0) is 22.9. The van der Waals surface area contributed by atoms with E-state index in [9.17, 15) is 9.59 Å². The quantitative estimate of drug-likeness (QED) is 0.445. The predicted molar refractivity (Wildman–Crippen MR) is 121 cm³/mol. The lowest BCUT2D eigenvalue weighted by Gasteiger charge is -2.38. The summed E-state index contributed by atoms with van der Waals surface area (Å²) in [6.45, 7) is 9.79. The highest BCUT2D eigenvalue weighted by molar-refractivity contribution is 6.30. The number of aromatic nitrogens is 1. The van der Waals surface area contributed by atoms with Crippen LogP contribution < -0.4 is 9.64 Å². The molecule has 1 unspecified atom stereocenters. The maximum atomic E-state index is 13.3. The molecular weight excluding hydrogens is 416 g/mol. The average Bonchev–Trinajstić information content (AvgIpc) is 2.72. The second-order valence-electron chi connectivity index (χ2n) is 8.00. The van der Waals surface area contributed by atoms with Crippen molar-refractivity contribution in [3.8, 4) is 11.6 Å². The topological polar surface area (TPSA) is 68.7 Å². The second-order valence-corrected chi connectivity index (χ2v) is 8.43. The third-order valence-corrected chi connectivity index (χ3v) is 6.03. The van der Waals surface area contributed by atoms with Gasteiger partial charge in [0.1, 0.15) is 11.7 Å². The molecule has 1 aliphatic rings. The maximum Gasteiger partial charge on any atom is 0.318 e. The molecule has 1 aromatic carbocycles. The minimum absolute atomic E-state index is 0.0349.